The monoisotopic (exact) mass is 284 g/mol. The first-order valence-corrected chi connectivity index (χ1v) is 6.26. The minimum Gasteiger partial charge on any atom is -0.305 e. The van der Waals surface area contributed by atoms with E-state index in [4.69, 9.17) is 0 Å². The Morgan fingerprint density at radius 2 is 1.81 bits per heavy atom. The number of nitrogens with zero attached hydrogens (tertiary/aromatic N) is 1. The molecule has 0 unspecified atom stereocenters. The van der Waals surface area contributed by atoms with Crippen LogP contribution in [0.5, 0.6) is 0 Å². The van der Waals surface area contributed by atoms with E-state index in [1.807, 2.05) is 30.3 Å². The molecule has 0 aromatic heterocycles. The lowest BCUT2D eigenvalue weighted by atomic mass is 10.2. The molecule has 1 aliphatic heterocycles. The molecule has 0 saturated heterocycles. The van der Waals surface area contributed by atoms with Gasteiger partial charge in [-0.1, -0.05) is 30.3 Å². The van der Waals surface area contributed by atoms with Crippen LogP contribution in [-0.4, -0.2) is 11.7 Å². The van der Waals surface area contributed by atoms with Crippen LogP contribution in [0, 0.1) is 11.6 Å². The molecule has 5 heteroatoms. The molecule has 0 saturated carbocycles. The van der Waals surface area contributed by atoms with Gasteiger partial charge < -0.3 is 5.32 Å². The molecule has 0 aliphatic carbocycles. The van der Waals surface area contributed by atoms with Crippen molar-refractivity contribution in [1.82, 2.24) is 5.32 Å². The van der Waals surface area contributed by atoms with Crippen molar-refractivity contribution in [3.05, 3.63) is 77.0 Å². The van der Waals surface area contributed by atoms with Crippen LogP contribution in [0.15, 0.2) is 59.2 Å². The van der Waals surface area contributed by atoms with Gasteiger partial charge in [-0.05, 0) is 23.8 Å². The van der Waals surface area contributed by atoms with E-state index in [-0.39, 0.29) is 17.1 Å². The van der Waals surface area contributed by atoms with Gasteiger partial charge >= 0.3 is 0 Å². The summed E-state index contributed by atoms with van der Waals surface area (Å²) in [5.74, 6) is -1.78. The zero-order valence-electron chi connectivity index (χ0n) is 10.8. The van der Waals surface area contributed by atoms with Crippen LogP contribution < -0.4 is 5.32 Å². The Morgan fingerprint density at radius 1 is 1.05 bits per heavy atom. The highest BCUT2D eigenvalue weighted by Crippen LogP contribution is 2.17. The van der Waals surface area contributed by atoms with Crippen LogP contribution in [0.1, 0.15) is 11.1 Å². The molecule has 3 rings (SSSR count). The summed E-state index contributed by atoms with van der Waals surface area (Å²) >= 11 is 0. The maximum absolute atomic E-state index is 13.7. The Labute approximate surface area is 119 Å². The quantitative estimate of drug-likeness (QED) is 0.846. The molecule has 2 aromatic carbocycles. The van der Waals surface area contributed by atoms with Crippen molar-refractivity contribution in [2.75, 3.05) is 0 Å². The molecule has 0 bridgehead atoms. The van der Waals surface area contributed by atoms with Crippen molar-refractivity contribution in [2.45, 2.75) is 0 Å². The van der Waals surface area contributed by atoms with Crippen molar-refractivity contribution in [2.24, 2.45) is 4.99 Å². The Kier molecular flexibility index (Phi) is 3.31. The molecule has 21 heavy (non-hydrogen) atoms. The van der Waals surface area contributed by atoms with E-state index in [0.29, 0.717) is 0 Å². The third-order valence-corrected chi connectivity index (χ3v) is 2.99. The first-order valence-electron chi connectivity index (χ1n) is 6.26. The van der Waals surface area contributed by atoms with E-state index in [9.17, 15) is 13.6 Å². The lowest BCUT2D eigenvalue weighted by Gasteiger charge is -2.01. The highest BCUT2D eigenvalue weighted by molar-refractivity contribution is 6.19. The van der Waals surface area contributed by atoms with Crippen molar-refractivity contribution in [3.63, 3.8) is 0 Å². The van der Waals surface area contributed by atoms with Crippen molar-refractivity contribution >= 4 is 17.8 Å². The molecule has 1 amide bonds. The van der Waals surface area contributed by atoms with Gasteiger partial charge in [0.15, 0.2) is 0 Å². The summed E-state index contributed by atoms with van der Waals surface area (Å²) in [6.07, 6.45) is 1.60. The first-order chi connectivity index (χ1) is 10.1. The van der Waals surface area contributed by atoms with Gasteiger partial charge in [0.25, 0.3) is 5.91 Å². The number of rotatable bonds is 2. The number of benzene rings is 2. The van der Waals surface area contributed by atoms with E-state index in [0.717, 1.165) is 17.7 Å². The minimum absolute atomic E-state index is 0.0567. The molecular weight excluding hydrogens is 274 g/mol. The SMILES string of the molecule is O=C1NC(c2ccc(F)cc2F)=NC1=Cc1ccccc1. The standard InChI is InChI=1S/C16H10F2N2O/c17-11-6-7-12(13(18)9-11)15-19-14(16(21)20-15)8-10-4-2-1-3-5-10/h1-9H,(H,19,20,21). The highest BCUT2D eigenvalue weighted by Gasteiger charge is 2.23. The molecule has 3 nitrogen and oxygen atoms in total. The predicted molar refractivity (Wildman–Crippen MR) is 75.5 cm³/mol. The van der Waals surface area contributed by atoms with Crippen molar-refractivity contribution < 1.29 is 13.6 Å². The van der Waals surface area contributed by atoms with Gasteiger partial charge in [-0.25, -0.2) is 13.8 Å². The van der Waals surface area contributed by atoms with E-state index < -0.39 is 17.5 Å². The Morgan fingerprint density at radius 3 is 2.52 bits per heavy atom. The molecular formula is C16H10F2N2O. The van der Waals surface area contributed by atoms with Crippen LogP contribution in [0.25, 0.3) is 6.08 Å². The first kappa shape index (κ1) is 13.2. The summed E-state index contributed by atoms with van der Waals surface area (Å²) in [4.78, 5) is 15.9. The van der Waals surface area contributed by atoms with Crippen LogP contribution in [0.4, 0.5) is 8.78 Å². The van der Waals surface area contributed by atoms with Crippen LogP contribution in [0.2, 0.25) is 0 Å². The third kappa shape index (κ3) is 2.72. The molecule has 2 aromatic rings. The number of amides is 1. The summed E-state index contributed by atoms with van der Waals surface area (Å²) in [5, 5.41) is 2.48. The summed E-state index contributed by atoms with van der Waals surface area (Å²) < 4.78 is 26.6. The number of halogens is 2. The van der Waals surface area contributed by atoms with E-state index in [1.54, 1.807) is 6.08 Å². The number of hydrogen-bond acceptors (Lipinski definition) is 2. The molecule has 0 atom stereocenters. The van der Waals surface area contributed by atoms with Crippen molar-refractivity contribution in [1.29, 1.82) is 0 Å². The van der Waals surface area contributed by atoms with Gasteiger partial charge in [0, 0.05) is 6.07 Å². The van der Waals surface area contributed by atoms with Gasteiger partial charge in [-0.3, -0.25) is 4.79 Å². The smallest absolute Gasteiger partial charge is 0.275 e. The van der Waals surface area contributed by atoms with Gasteiger partial charge in [0.2, 0.25) is 0 Å². The number of aliphatic imine (C=N–C) groups is 1. The largest absolute Gasteiger partial charge is 0.305 e. The molecule has 0 spiro atoms. The highest BCUT2D eigenvalue weighted by atomic mass is 19.1. The van der Waals surface area contributed by atoms with Crippen LogP contribution >= 0.6 is 0 Å². The molecule has 1 N–H and O–H groups in total. The average Bonchev–Trinajstić information content (AvgIpc) is 2.81. The summed E-state index contributed by atoms with van der Waals surface area (Å²) in [5.41, 5.74) is 1.05. The number of carbonyl (C=O) groups excluding carboxylic acids is 1. The molecule has 1 heterocycles. The lowest BCUT2D eigenvalue weighted by Crippen LogP contribution is -2.25. The Hall–Kier alpha value is -2.82. The second-order valence-corrected chi connectivity index (χ2v) is 4.48. The van der Waals surface area contributed by atoms with E-state index in [1.165, 1.54) is 6.07 Å². The second kappa shape index (κ2) is 5.28. The molecule has 0 fully saturated rings. The zero-order chi connectivity index (χ0) is 14.8. The van der Waals surface area contributed by atoms with Crippen LogP contribution in [0.3, 0.4) is 0 Å². The molecule has 0 radical (unpaired) electrons. The minimum atomic E-state index is -0.769. The third-order valence-electron chi connectivity index (χ3n) is 2.99. The zero-order valence-corrected chi connectivity index (χ0v) is 10.8. The second-order valence-electron chi connectivity index (χ2n) is 4.48. The maximum atomic E-state index is 13.7. The number of hydrogen-bond donors (Lipinski definition) is 1. The summed E-state index contributed by atoms with van der Waals surface area (Å²) in [6.45, 7) is 0. The van der Waals surface area contributed by atoms with Gasteiger partial charge in [0.05, 0.1) is 5.56 Å². The Bertz CT molecular complexity index is 767. The maximum Gasteiger partial charge on any atom is 0.275 e. The summed E-state index contributed by atoms with van der Waals surface area (Å²) in [6, 6.07) is 12.3. The molecule has 1 aliphatic rings. The van der Waals surface area contributed by atoms with Gasteiger partial charge in [-0.15, -0.1) is 0 Å². The number of carbonyl (C=O) groups is 1. The van der Waals surface area contributed by atoms with Crippen molar-refractivity contribution in [3.8, 4) is 0 Å². The van der Waals surface area contributed by atoms with E-state index in [2.05, 4.69) is 10.3 Å². The number of amidine groups is 1. The predicted octanol–water partition coefficient (Wildman–Crippen LogP) is 2.88. The molecule has 104 valence electrons. The fraction of sp³-hybridized carbons (Fsp3) is 0. The lowest BCUT2D eigenvalue weighted by molar-refractivity contribution is -0.115. The van der Waals surface area contributed by atoms with Crippen LogP contribution in [-0.2, 0) is 4.79 Å². The van der Waals surface area contributed by atoms with Gasteiger partial charge in [-0.2, -0.15) is 0 Å². The normalized spacial score (nSPS) is 16.0. The summed E-state index contributed by atoms with van der Waals surface area (Å²) in [7, 11) is 0. The van der Waals surface area contributed by atoms with E-state index >= 15 is 0 Å². The Balaban J connectivity index is 1.97. The fourth-order valence-corrected chi connectivity index (χ4v) is 1.98. The average molecular weight is 284 g/mol. The number of nitrogens with one attached hydrogen (secondary N) is 1. The fourth-order valence-electron chi connectivity index (χ4n) is 1.98. The topological polar surface area (TPSA) is 41.5 Å². The van der Waals surface area contributed by atoms with Gasteiger partial charge in [0.1, 0.15) is 23.2 Å².